The molecule has 0 radical (unpaired) electrons. The van der Waals surface area contributed by atoms with Gasteiger partial charge in [0.2, 0.25) is 5.94 Å². The summed E-state index contributed by atoms with van der Waals surface area (Å²) in [6.07, 6.45) is 0.867. The van der Waals surface area contributed by atoms with Crippen LogP contribution in [0.4, 0.5) is 5.69 Å². The highest BCUT2D eigenvalue weighted by molar-refractivity contribution is 7.92. The summed E-state index contributed by atoms with van der Waals surface area (Å²) >= 11 is 0. The highest BCUT2D eigenvalue weighted by Crippen LogP contribution is 2.33. The second-order valence-electron chi connectivity index (χ2n) is 4.21. The number of hydrogen-bond acceptors (Lipinski definition) is 4. The van der Waals surface area contributed by atoms with Crippen molar-refractivity contribution in [3.8, 4) is 5.75 Å². The lowest BCUT2D eigenvalue weighted by atomic mass is 9.97. The lowest BCUT2D eigenvalue weighted by molar-refractivity contribution is 0.374. The number of hydrogen-bond donors (Lipinski definition) is 2. The third-order valence-electron chi connectivity index (χ3n) is 2.81. The van der Waals surface area contributed by atoms with Crippen LogP contribution in [0.25, 0.3) is 0 Å². The Morgan fingerprint density at radius 2 is 2.29 bits per heavy atom. The quantitative estimate of drug-likeness (QED) is 0.852. The van der Waals surface area contributed by atoms with Gasteiger partial charge in [0, 0.05) is 0 Å². The second kappa shape index (κ2) is 4.54. The first-order valence-corrected chi connectivity index (χ1v) is 7.14. The van der Waals surface area contributed by atoms with E-state index in [1.807, 2.05) is 12.1 Å². The van der Waals surface area contributed by atoms with E-state index in [1.165, 1.54) is 0 Å². The van der Waals surface area contributed by atoms with Crippen LogP contribution >= 0.6 is 0 Å². The van der Waals surface area contributed by atoms with Gasteiger partial charge in [-0.1, -0.05) is 13.0 Å². The molecule has 6 heteroatoms. The number of benzene rings is 1. The first kappa shape index (κ1) is 12.2. The van der Waals surface area contributed by atoms with Gasteiger partial charge in [-0.25, -0.2) is 8.42 Å². The molecule has 0 saturated heterocycles. The van der Waals surface area contributed by atoms with E-state index in [0.29, 0.717) is 23.9 Å². The Bertz CT molecular complexity index is 513. The molecule has 0 aromatic heterocycles. The Labute approximate surface area is 101 Å². The molecule has 17 heavy (non-hydrogen) atoms. The van der Waals surface area contributed by atoms with Gasteiger partial charge in [0.05, 0.1) is 5.69 Å². The van der Waals surface area contributed by atoms with Gasteiger partial charge in [0.15, 0.2) is 0 Å². The van der Waals surface area contributed by atoms with Crippen LogP contribution in [0.3, 0.4) is 0 Å². The molecule has 5 nitrogen and oxygen atoms in total. The SMILES string of the molecule is CC(CCN)c1ccc2c(c1)NS(=O)(=O)CO2. The maximum Gasteiger partial charge on any atom is 0.268 e. The minimum Gasteiger partial charge on any atom is -0.474 e. The van der Waals surface area contributed by atoms with E-state index in [9.17, 15) is 8.42 Å². The smallest absolute Gasteiger partial charge is 0.268 e. The van der Waals surface area contributed by atoms with Gasteiger partial charge >= 0.3 is 0 Å². The fourth-order valence-corrected chi connectivity index (χ4v) is 2.65. The number of anilines is 1. The molecule has 0 amide bonds. The Morgan fingerprint density at radius 1 is 1.53 bits per heavy atom. The molecule has 0 bridgehead atoms. The lowest BCUT2D eigenvalue weighted by Crippen LogP contribution is -2.25. The van der Waals surface area contributed by atoms with Crippen LogP contribution < -0.4 is 15.2 Å². The highest BCUT2D eigenvalue weighted by Gasteiger charge is 2.21. The largest absolute Gasteiger partial charge is 0.474 e. The molecule has 0 aliphatic carbocycles. The van der Waals surface area contributed by atoms with Gasteiger partial charge in [-0.3, -0.25) is 4.72 Å². The summed E-state index contributed by atoms with van der Waals surface area (Å²) in [5.41, 5.74) is 7.08. The van der Waals surface area contributed by atoms with E-state index >= 15 is 0 Å². The highest BCUT2D eigenvalue weighted by atomic mass is 32.2. The van der Waals surface area contributed by atoms with Crippen LogP contribution in [-0.4, -0.2) is 20.9 Å². The Balaban J connectivity index is 2.30. The molecule has 1 atom stereocenters. The van der Waals surface area contributed by atoms with Crippen molar-refractivity contribution in [3.63, 3.8) is 0 Å². The Morgan fingerprint density at radius 3 is 3.00 bits per heavy atom. The predicted molar refractivity (Wildman–Crippen MR) is 66.6 cm³/mol. The molecule has 3 N–H and O–H groups in total. The summed E-state index contributed by atoms with van der Waals surface area (Å²) < 4.78 is 30.4. The minimum atomic E-state index is -3.35. The fraction of sp³-hybridized carbons (Fsp3) is 0.455. The third-order valence-corrected chi connectivity index (χ3v) is 3.77. The van der Waals surface area contributed by atoms with Gasteiger partial charge in [0.25, 0.3) is 10.0 Å². The third kappa shape index (κ3) is 2.70. The monoisotopic (exact) mass is 256 g/mol. The number of nitrogens with two attached hydrogens (primary N) is 1. The minimum absolute atomic E-state index is 0.303. The molecular formula is C11H16N2O3S. The molecule has 1 unspecified atom stereocenters. The maximum atomic E-state index is 11.4. The van der Waals surface area contributed by atoms with E-state index < -0.39 is 10.0 Å². The second-order valence-corrected chi connectivity index (χ2v) is 5.88. The summed E-state index contributed by atoms with van der Waals surface area (Å²) in [5.74, 6) is 0.554. The van der Waals surface area contributed by atoms with Crippen molar-refractivity contribution in [1.29, 1.82) is 0 Å². The van der Waals surface area contributed by atoms with Crippen molar-refractivity contribution < 1.29 is 13.2 Å². The van der Waals surface area contributed by atoms with Gasteiger partial charge in [-0.05, 0) is 36.6 Å². The zero-order chi connectivity index (χ0) is 12.5. The molecule has 94 valence electrons. The van der Waals surface area contributed by atoms with E-state index in [2.05, 4.69) is 11.6 Å². The standard InChI is InChI=1S/C11H16N2O3S/c1-8(4-5-12)9-2-3-11-10(6-9)13-17(14,15)7-16-11/h2-3,6,8,13H,4-5,7,12H2,1H3. The van der Waals surface area contributed by atoms with Crippen LogP contribution in [-0.2, 0) is 10.0 Å². The zero-order valence-electron chi connectivity index (χ0n) is 9.64. The van der Waals surface area contributed by atoms with Crippen LogP contribution in [0.5, 0.6) is 5.75 Å². The van der Waals surface area contributed by atoms with Crippen molar-refractivity contribution >= 4 is 15.7 Å². The van der Waals surface area contributed by atoms with Gasteiger partial charge in [0.1, 0.15) is 5.75 Å². The van der Waals surface area contributed by atoms with E-state index in [0.717, 1.165) is 12.0 Å². The summed E-state index contributed by atoms with van der Waals surface area (Å²) in [7, 11) is -3.35. The number of nitrogens with one attached hydrogen (secondary N) is 1. The topological polar surface area (TPSA) is 81.4 Å². The first-order chi connectivity index (χ1) is 8.02. The van der Waals surface area contributed by atoms with Crippen LogP contribution in [0.2, 0.25) is 0 Å². The molecule has 0 spiro atoms. The van der Waals surface area contributed by atoms with Crippen LogP contribution in [0, 0.1) is 0 Å². The lowest BCUT2D eigenvalue weighted by Gasteiger charge is -2.21. The first-order valence-electron chi connectivity index (χ1n) is 5.49. The average molecular weight is 256 g/mol. The molecular weight excluding hydrogens is 240 g/mol. The Kier molecular flexibility index (Phi) is 3.26. The zero-order valence-corrected chi connectivity index (χ0v) is 10.5. The van der Waals surface area contributed by atoms with E-state index in [1.54, 1.807) is 6.07 Å². The summed E-state index contributed by atoms with van der Waals surface area (Å²) in [6, 6.07) is 5.55. The predicted octanol–water partition coefficient (Wildman–Crippen LogP) is 1.23. The van der Waals surface area contributed by atoms with Crippen LogP contribution in [0.1, 0.15) is 24.8 Å². The summed E-state index contributed by atoms with van der Waals surface area (Å²) in [5, 5.41) is 0. The summed E-state index contributed by atoms with van der Waals surface area (Å²) in [4.78, 5) is 0. The average Bonchev–Trinajstić information content (AvgIpc) is 2.27. The van der Waals surface area contributed by atoms with Crippen molar-refractivity contribution in [3.05, 3.63) is 23.8 Å². The van der Waals surface area contributed by atoms with Gasteiger partial charge in [-0.15, -0.1) is 0 Å². The molecule has 1 aliphatic rings. The molecule has 1 aromatic rings. The summed E-state index contributed by atoms with van der Waals surface area (Å²) in [6.45, 7) is 2.67. The Hall–Kier alpha value is -1.27. The van der Waals surface area contributed by atoms with Crippen molar-refractivity contribution in [2.75, 3.05) is 17.2 Å². The molecule has 0 fully saturated rings. The molecule has 2 rings (SSSR count). The van der Waals surface area contributed by atoms with Crippen molar-refractivity contribution in [1.82, 2.24) is 0 Å². The van der Waals surface area contributed by atoms with Crippen molar-refractivity contribution in [2.45, 2.75) is 19.3 Å². The van der Waals surface area contributed by atoms with E-state index in [4.69, 9.17) is 10.5 Å². The molecule has 1 aliphatic heterocycles. The number of sulfonamides is 1. The fourth-order valence-electron chi connectivity index (χ4n) is 1.81. The van der Waals surface area contributed by atoms with Gasteiger partial charge in [-0.2, -0.15) is 0 Å². The number of fused-ring (bicyclic) bond motifs is 1. The number of rotatable bonds is 3. The van der Waals surface area contributed by atoms with Crippen LogP contribution in [0.15, 0.2) is 18.2 Å². The van der Waals surface area contributed by atoms with E-state index in [-0.39, 0.29) is 5.94 Å². The van der Waals surface area contributed by atoms with Crippen molar-refractivity contribution in [2.24, 2.45) is 5.73 Å². The van der Waals surface area contributed by atoms with Gasteiger partial charge < -0.3 is 10.5 Å². The molecule has 0 saturated carbocycles. The maximum absolute atomic E-state index is 11.4. The normalized spacial score (nSPS) is 18.7. The number of ether oxygens (including phenoxy) is 1. The molecule has 1 aromatic carbocycles. The molecule has 1 heterocycles.